The van der Waals surface area contributed by atoms with E-state index in [1.807, 2.05) is 0 Å². The Morgan fingerprint density at radius 3 is 2.06 bits per heavy atom. The highest BCUT2D eigenvalue weighted by atomic mass is 16.6. The molecular formula is C24H23N3O8. The Balaban J connectivity index is 1.89. The number of amides is 2. The van der Waals surface area contributed by atoms with Crippen molar-refractivity contribution in [2.45, 2.75) is 25.4 Å². The Bertz CT molecular complexity index is 1160. The molecule has 0 spiro atoms. The monoisotopic (exact) mass is 481 g/mol. The molecule has 4 rings (SSSR count). The number of nitrogens with one attached hydrogen (secondary N) is 1. The van der Waals surface area contributed by atoms with E-state index in [0.717, 1.165) is 4.90 Å². The van der Waals surface area contributed by atoms with Crippen molar-refractivity contribution in [1.82, 2.24) is 5.32 Å². The van der Waals surface area contributed by atoms with Crippen LogP contribution in [0.25, 0.3) is 0 Å². The van der Waals surface area contributed by atoms with E-state index >= 15 is 0 Å². The smallest absolute Gasteiger partial charge is 0.338 e. The number of rotatable bonds is 7. The van der Waals surface area contributed by atoms with E-state index in [1.54, 1.807) is 44.2 Å². The molecule has 0 aromatic heterocycles. The van der Waals surface area contributed by atoms with Gasteiger partial charge in [0.25, 0.3) is 5.69 Å². The van der Waals surface area contributed by atoms with Crippen molar-refractivity contribution in [2.24, 2.45) is 11.8 Å². The van der Waals surface area contributed by atoms with Gasteiger partial charge in [0.1, 0.15) is 0 Å². The van der Waals surface area contributed by atoms with Crippen LogP contribution >= 0.6 is 0 Å². The highest BCUT2D eigenvalue weighted by Crippen LogP contribution is 2.50. The molecule has 0 aliphatic carbocycles. The molecule has 1 N–H and O–H groups in total. The number of nitrogens with zero attached hydrogens (tertiary/aromatic N) is 2. The normalized spacial score (nSPS) is 22.6. The molecule has 3 atom stereocenters. The van der Waals surface area contributed by atoms with Crippen molar-refractivity contribution in [1.29, 1.82) is 0 Å². The van der Waals surface area contributed by atoms with Crippen molar-refractivity contribution >= 4 is 35.1 Å². The standard InChI is InChI=1S/C24H23N3O8/c1-3-34-22(30)24(23(31)35-4-2)18-17(19(25-24)14-10-12-16(13-11-14)27(32)33)20(28)26(21(18)29)15-8-6-5-7-9-15/h5-13,17-19,25H,3-4H2,1-2H3/t17-,18-,19-/m0/s1. The average Bonchev–Trinajstić information content (AvgIpc) is 3.34. The number of hydrogen-bond donors (Lipinski definition) is 1. The van der Waals surface area contributed by atoms with Crippen LogP contribution < -0.4 is 10.2 Å². The Morgan fingerprint density at radius 1 is 0.971 bits per heavy atom. The third-order valence-corrected chi connectivity index (χ3v) is 6.23. The summed E-state index contributed by atoms with van der Waals surface area (Å²) in [5, 5.41) is 14.0. The zero-order valence-corrected chi connectivity index (χ0v) is 19.0. The molecule has 2 aromatic carbocycles. The van der Waals surface area contributed by atoms with Crippen LogP contribution in [0.1, 0.15) is 25.5 Å². The van der Waals surface area contributed by atoms with Gasteiger partial charge in [-0.1, -0.05) is 30.3 Å². The van der Waals surface area contributed by atoms with Gasteiger partial charge in [0, 0.05) is 18.2 Å². The largest absolute Gasteiger partial charge is 0.464 e. The first-order chi connectivity index (χ1) is 16.8. The fraction of sp³-hybridized carbons (Fsp3) is 0.333. The summed E-state index contributed by atoms with van der Waals surface area (Å²) in [5.74, 6) is -6.05. The number of para-hydroxylation sites is 1. The molecule has 2 fully saturated rings. The van der Waals surface area contributed by atoms with Crippen LogP contribution in [-0.2, 0) is 28.7 Å². The lowest BCUT2D eigenvalue weighted by Gasteiger charge is -2.30. The number of esters is 2. The summed E-state index contributed by atoms with van der Waals surface area (Å²) in [6.45, 7) is 2.95. The van der Waals surface area contributed by atoms with E-state index in [4.69, 9.17) is 9.47 Å². The van der Waals surface area contributed by atoms with E-state index in [9.17, 15) is 29.3 Å². The van der Waals surface area contributed by atoms with E-state index in [-0.39, 0.29) is 18.9 Å². The van der Waals surface area contributed by atoms with Gasteiger partial charge in [0.2, 0.25) is 17.4 Å². The number of ether oxygens (including phenoxy) is 2. The van der Waals surface area contributed by atoms with E-state index < -0.39 is 52.1 Å². The predicted molar refractivity (Wildman–Crippen MR) is 121 cm³/mol. The van der Waals surface area contributed by atoms with Crippen LogP contribution in [0.15, 0.2) is 54.6 Å². The zero-order chi connectivity index (χ0) is 25.3. The maximum Gasteiger partial charge on any atom is 0.338 e. The minimum Gasteiger partial charge on any atom is -0.464 e. The van der Waals surface area contributed by atoms with Crippen molar-refractivity contribution in [3.05, 3.63) is 70.3 Å². The third kappa shape index (κ3) is 3.73. The van der Waals surface area contributed by atoms with Gasteiger partial charge < -0.3 is 9.47 Å². The molecule has 2 aromatic rings. The summed E-state index contributed by atoms with van der Waals surface area (Å²) in [4.78, 5) is 65.4. The minimum atomic E-state index is -2.28. The molecule has 2 aliphatic rings. The van der Waals surface area contributed by atoms with Crippen LogP contribution in [0.5, 0.6) is 0 Å². The number of nitro benzene ring substituents is 1. The average molecular weight is 481 g/mol. The maximum absolute atomic E-state index is 13.7. The number of non-ortho nitro benzene ring substituents is 1. The molecule has 2 aliphatic heterocycles. The molecule has 2 heterocycles. The Labute approximate surface area is 200 Å². The van der Waals surface area contributed by atoms with Gasteiger partial charge >= 0.3 is 11.9 Å². The number of carbonyl (C=O) groups excluding carboxylic acids is 4. The number of carbonyl (C=O) groups is 4. The van der Waals surface area contributed by atoms with Gasteiger partial charge in [-0.15, -0.1) is 0 Å². The fourth-order valence-electron chi connectivity index (χ4n) is 4.78. The predicted octanol–water partition coefficient (Wildman–Crippen LogP) is 1.91. The van der Waals surface area contributed by atoms with Gasteiger partial charge in [0.15, 0.2) is 0 Å². The second-order valence-electron chi connectivity index (χ2n) is 8.07. The molecule has 35 heavy (non-hydrogen) atoms. The van der Waals surface area contributed by atoms with Crippen LogP contribution in [0, 0.1) is 22.0 Å². The number of anilines is 1. The molecule has 2 amide bonds. The second kappa shape index (κ2) is 9.26. The fourth-order valence-corrected chi connectivity index (χ4v) is 4.78. The SMILES string of the molecule is CCOC(=O)C1(C(=O)OCC)N[C@@H](c2ccc([N+](=O)[O-])cc2)[C@H]2C(=O)N(c3ccccc3)C(=O)[C@H]21. The van der Waals surface area contributed by atoms with Crippen molar-refractivity contribution in [2.75, 3.05) is 18.1 Å². The first-order valence-corrected chi connectivity index (χ1v) is 11.1. The van der Waals surface area contributed by atoms with Crippen LogP contribution in [0.3, 0.4) is 0 Å². The van der Waals surface area contributed by atoms with Gasteiger partial charge in [0.05, 0.1) is 35.7 Å². The number of benzene rings is 2. The Kier molecular flexibility index (Phi) is 6.35. The van der Waals surface area contributed by atoms with E-state index in [2.05, 4.69) is 5.32 Å². The van der Waals surface area contributed by atoms with Crippen molar-refractivity contribution in [3.8, 4) is 0 Å². The topological polar surface area (TPSA) is 145 Å². The molecular weight excluding hydrogens is 458 g/mol. The third-order valence-electron chi connectivity index (χ3n) is 6.23. The number of nitro groups is 1. The summed E-state index contributed by atoms with van der Waals surface area (Å²) in [7, 11) is 0. The lowest BCUT2D eigenvalue weighted by Crippen LogP contribution is -2.62. The van der Waals surface area contributed by atoms with Crippen LogP contribution in [0.4, 0.5) is 11.4 Å². The zero-order valence-electron chi connectivity index (χ0n) is 19.0. The molecule has 11 heteroatoms. The number of fused-ring (bicyclic) bond motifs is 1. The van der Waals surface area contributed by atoms with E-state index in [0.29, 0.717) is 11.3 Å². The number of hydrogen-bond acceptors (Lipinski definition) is 9. The van der Waals surface area contributed by atoms with Gasteiger partial charge in [-0.25, -0.2) is 14.5 Å². The summed E-state index contributed by atoms with van der Waals surface area (Å²) in [5.41, 5.74) is -1.78. The molecule has 0 unspecified atom stereocenters. The first-order valence-electron chi connectivity index (χ1n) is 11.1. The summed E-state index contributed by atoms with van der Waals surface area (Å²) in [6, 6.07) is 12.5. The van der Waals surface area contributed by atoms with Crippen molar-refractivity contribution in [3.63, 3.8) is 0 Å². The van der Waals surface area contributed by atoms with Gasteiger partial charge in [-0.2, -0.15) is 0 Å². The Morgan fingerprint density at radius 2 is 1.54 bits per heavy atom. The van der Waals surface area contributed by atoms with Crippen LogP contribution in [0.2, 0.25) is 0 Å². The molecule has 182 valence electrons. The Hall–Kier alpha value is -4.12. The quantitative estimate of drug-likeness (QED) is 0.206. The lowest BCUT2D eigenvalue weighted by atomic mass is 9.79. The minimum absolute atomic E-state index is 0.0776. The summed E-state index contributed by atoms with van der Waals surface area (Å²) >= 11 is 0. The van der Waals surface area contributed by atoms with Gasteiger partial charge in [-0.3, -0.25) is 25.0 Å². The lowest BCUT2D eigenvalue weighted by molar-refractivity contribution is -0.384. The maximum atomic E-state index is 13.7. The molecule has 0 saturated carbocycles. The highest BCUT2D eigenvalue weighted by molar-refractivity contribution is 6.27. The molecule has 0 bridgehead atoms. The first kappa shape index (κ1) is 24.0. The second-order valence-corrected chi connectivity index (χ2v) is 8.07. The molecule has 2 saturated heterocycles. The van der Waals surface area contributed by atoms with Crippen molar-refractivity contribution < 1.29 is 33.6 Å². The molecule has 11 nitrogen and oxygen atoms in total. The highest BCUT2D eigenvalue weighted by Gasteiger charge is 2.73. The van der Waals surface area contributed by atoms with Gasteiger partial charge in [-0.05, 0) is 31.5 Å². The summed E-state index contributed by atoms with van der Waals surface area (Å²) in [6.07, 6.45) is 0. The van der Waals surface area contributed by atoms with E-state index in [1.165, 1.54) is 24.3 Å². The molecule has 0 radical (unpaired) electrons. The summed E-state index contributed by atoms with van der Waals surface area (Å²) < 4.78 is 10.4. The number of imide groups is 1. The van der Waals surface area contributed by atoms with Crippen LogP contribution in [-0.4, -0.2) is 47.4 Å².